The zero-order chi connectivity index (χ0) is 18.5. The van der Waals surface area contributed by atoms with Gasteiger partial charge in [0.15, 0.2) is 0 Å². The number of ketones is 1. The van der Waals surface area contributed by atoms with Crippen molar-refractivity contribution in [2.75, 3.05) is 33.8 Å². The van der Waals surface area contributed by atoms with Gasteiger partial charge in [-0.1, -0.05) is 0 Å². The lowest BCUT2D eigenvalue weighted by Crippen LogP contribution is -2.47. The van der Waals surface area contributed by atoms with Gasteiger partial charge >= 0.3 is 12.2 Å². The Morgan fingerprint density at radius 1 is 1.25 bits per heavy atom. The van der Waals surface area contributed by atoms with Gasteiger partial charge < -0.3 is 25.8 Å². The minimum absolute atomic E-state index is 0.0128. The summed E-state index contributed by atoms with van der Waals surface area (Å²) in [5.41, 5.74) is 8.27. The van der Waals surface area contributed by atoms with Crippen LogP contribution in [0.25, 0.3) is 5.53 Å². The first-order valence-electron chi connectivity index (χ1n) is 7.37. The van der Waals surface area contributed by atoms with Crippen molar-refractivity contribution in [1.29, 1.82) is 0 Å². The van der Waals surface area contributed by atoms with Crippen molar-refractivity contribution in [2.45, 2.75) is 25.8 Å². The van der Waals surface area contributed by atoms with E-state index in [1.54, 1.807) is 25.9 Å². The largest absolute Gasteiger partial charge is 0.464 e. The fourth-order valence-corrected chi connectivity index (χ4v) is 1.67. The van der Waals surface area contributed by atoms with Gasteiger partial charge in [0.1, 0.15) is 6.04 Å². The van der Waals surface area contributed by atoms with Crippen molar-refractivity contribution in [3.05, 3.63) is 5.53 Å². The molecular formula is C14H23N5O5. The molecule has 0 radical (unpaired) electrons. The Balaban J connectivity index is 4.54. The predicted octanol–water partition coefficient (Wildman–Crippen LogP) is -1.64. The van der Waals surface area contributed by atoms with E-state index in [9.17, 15) is 19.2 Å². The standard InChI is InChI=1S/C14H23N5O5/c1-4-24-14(23)11(6-5-10(20)7-17-15)18-12(21)8-16-13(22)9-19(2)3/h7,11H,4-6,8-9H2,1-3H3,(H,16,22)(H,18,21)/t11-/m0/s1. The fraction of sp³-hybridized carbons (Fsp3) is 0.643. The summed E-state index contributed by atoms with van der Waals surface area (Å²) in [5, 5.41) is 4.82. The predicted molar refractivity (Wildman–Crippen MR) is 84.1 cm³/mol. The molecule has 10 nitrogen and oxygen atoms in total. The second-order valence-corrected chi connectivity index (χ2v) is 5.14. The molecule has 0 aromatic rings. The van der Waals surface area contributed by atoms with Crippen molar-refractivity contribution < 1.29 is 28.7 Å². The quantitative estimate of drug-likeness (QED) is 0.200. The molecule has 24 heavy (non-hydrogen) atoms. The van der Waals surface area contributed by atoms with E-state index in [4.69, 9.17) is 10.3 Å². The van der Waals surface area contributed by atoms with Crippen molar-refractivity contribution in [3.63, 3.8) is 0 Å². The summed E-state index contributed by atoms with van der Waals surface area (Å²) in [6, 6.07) is -1.03. The highest BCUT2D eigenvalue weighted by Gasteiger charge is 2.23. The number of hydrogen-bond acceptors (Lipinski definition) is 6. The average Bonchev–Trinajstić information content (AvgIpc) is 2.49. The first kappa shape index (κ1) is 21.4. The minimum Gasteiger partial charge on any atom is -0.464 e. The molecule has 0 aliphatic rings. The molecule has 0 spiro atoms. The number of amides is 2. The van der Waals surface area contributed by atoms with Gasteiger partial charge in [-0.05, 0) is 27.4 Å². The summed E-state index contributed by atoms with van der Waals surface area (Å²) in [6.07, 6.45) is 0.591. The van der Waals surface area contributed by atoms with Crippen LogP contribution < -0.4 is 10.6 Å². The maximum atomic E-state index is 11.8. The Labute approximate surface area is 140 Å². The van der Waals surface area contributed by atoms with E-state index in [0.29, 0.717) is 6.21 Å². The second-order valence-electron chi connectivity index (χ2n) is 5.14. The van der Waals surface area contributed by atoms with E-state index in [1.165, 1.54) is 0 Å². The van der Waals surface area contributed by atoms with E-state index in [2.05, 4.69) is 15.4 Å². The lowest BCUT2D eigenvalue weighted by Gasteiger charge is -2.17. The summed E-state index contributed by atoms with van der Waals surface area (Å²) in [6.45, 7) is 1.57. The molecule has 0 saturated heterocycles. The van der Waals surface area contributed by atoms with Gasteiger partial charge in [0.25, 0.3) is 0 Å². The monoisotopic (exact) mass is 341 g/mol. The Morgan fingerprint density at radius 2 is 1.92 bits per heavy atom. The van der Waals surface area contributed by atoms with E-state index >= 15 is 0 Å². The molecule has 0 rings (SSSR count). The lowest BCUT2D eigenvalue weighted by molar-refractivity contribution is -0.147. The summed E-state index contributed by atoms with van der Waals surface area (Å²) >= 11 is 0. The third-order valence-electron chi connectivity index (χ3n) is 2.69. The van der Waals surface area contributed by atoms with Crippen molar-refractivity contribution >= 4 is 29.8 Å². The van der Waals surface area contributed by atoms with Crippen molar-refractivity contribution in [3.8, 4) is 0 Å². The number of carbonyl (C=O) groups excluding carboxylic acids is 4. The van der Waals surface area contributed by atoms with Crippen molar-refractivity contribution in [2.24, 2.45) is 0 Å². The van der Waals surface area contributed by atoms with Gasteiger partial charge in [-0.25, -0.2) is 4.79 Å². The molecule has 0 aromatic carbocycles. The number of Topliss-reactive ketones (excluding diaryl/α,β-unsaturated/α-hetero) is 1. The van der Waals surface area contributed by atoms with Crippen LogP contribution in [0.3, 0.4) is 0 Å². The molecule has 0 heterocycles. The molecule has 0 unspecified atom stereocenters. The van der Waals surface area contributed by atoms with Crippen molar-refractivity contribution in [1.82, 2.24) is 15.5 Å². The van der Waals surface area contributed by atoms with Crippen LogP contribution >= 0.6 is 0 Å². The molecular weight excluding hydrogens is 318 g/mol. The number of hydrogen-bond donors (Lipinski definition) is 2. The third-order valence-corrected chi connectivity index (χ3v) is 2.69. The van der Waals surface area contributed by atoms with Crippen LogP contribution in [0.5, 0.6) is 0 Å². The Kier molecular flexibility index (Phi) is 10.6. The van der Waals surface area contributed by atoms with Crippen LogP contribution in [0.2, 0.25) is 0 Å². The van der Waals surface area contributed by atoms with Crippen LogP contribution in [-0.4, -0.2) is 79.3 Å². The number of likely N-dealkylation sites (N-methyl/N-ethyl adjacent to an activating group) is 1. The number of nitrogens with zero attached hydrogens (tertiary/aromatic N) is 3. The van der Waals surface area contributed by atoms with Gasteiger partial charge in [-0.3, -0.25) is 14.4 Å². The van der Waals surface area contributed by atoms with E-state index in [-0.39, 0.29) is 38.4 Å². The molecule has 134 valence electrons. The first-order valence-corrected chi connectivity index (χ1v) is 7.37. The maximum absolute atomic E-state index is 11.8. The molecule has 0 saturated carbocycles. The Morgan fingerprint density at radius 3 is 2.46 bits per heavy atom. The highest BCUT2D eigenvalue weighted by atomic mass is 16.5. The summed E-state index contributed by atoms with van der Waals surface area (Å²) in [5.74, 6) is -2.10. The highest BCUT2D eigenvalue weighted by molar-refractivity contribution is 6.25. The molecule has 10 heteroatoms. The maximum Gasteiger partial charge on any atom is 0.328 e. The van der Waals surface area contributed by atoms with Crippen LogP contribution in [-0.2, 0) is 23.9 Å². The minimum atomic E-state index is -1.03. The number of carbonyl (C=O) groups is 4. The molecule has 0 aromatic heterocycles. The second kappa shape index (κ2) is 11.9. The first-order chi connectivity index (χ1) is 11.3. The van der Waals surface area contributed by atoms with E-state index < -0.39 is 23.7 Å². The zero-order valence-electron chi connectivity index (χ0n) is 14.1. The molecule has 0 aliphatic carbocycles. The topological polar surface area (TPSA) is 141 Å². The van der Waals surface area contributed by atoms with Gasteiger partial charge in [-0.15, -0.1) is 0 Å². The van der Waals surface area contributed by atoms with Gasteiger partial charge in [0, 0.05) is 6.42 Å². The van der Waals surface area contributed by atoms with Gasteiger partial charge in [-0.2, -0.15) is 4.79 Å². The molecule has 2 N–H and O–H groups in total. The Hall–Kier alpha value is -2.58. The molecule has 0 aliphatic heterocycles. The van der Waals surface area contributed by atoms with Crippen LogP contribution in [0.4, 0.5) is 0 Å². The average molecular weight is 341 g/mol. The SMILES string of the molecule is CCOC(=O)[C@H](CCC(=O)C=[N+]=[N-])NC(=O)CNC(=O)CN(C)C. The van der Waals surface area contributed by atoms with E-state index in [1.807, 2.05) is 0 Å². The summed E-state index contributed by atoms with van der Waals surface area (Å²) in [7, 11) is 3.42. The van der Waals surface area contributed by atoms with Gasteiger partial charge in [0.2, 0.25) is 17.6 Å². The van der Waals surface area contributed by atoms with E-state index in [0.717, 1.165) is 0 Å². The number of nitrogens with one attached hydrogen (secondary N) is 2. The number of rotatable bonds is 11. The number of ether oxygens (including phenoxy) is 1. The summed E-state index contributed by atoms with van der Waals surface area (Å²) in [4.78, 5) is 50.6. The van der Waals surface area contributed by atoms with Crippen LogP contribution in [0.15, 0.2) is 0 Å². The zero-order valence-corrected chi connectivity index (χ0v) is 14.1. The van der Waals surface area contributed by atoms with Crippen LogP contribution in [0, 0.1) is 0 Å². The molecule has 0 fully saturated rings. The molecule has 2 amide bonds. The molecule has 1 atom stereocenters. The lowest BCUT2D eigenvalue weighted by atomic mass is 10.1. The highest BCUT2D eigenvalue weighted by Crippen LogP contribution is 2.01. The molecule has 0 bridgehead atoms. The van der Waals surface area contributed by atoms with Gasteiger partial charge in [0.05, 0.1) is 19.7 Å². The van der Waals surface area contributed by atoms with Crippen LogP contribution in [0.1, 0.15) is 19.8 Å². The summed E-state index contributed by atoms with van der Waals surface area (Å²) < 4.78 is 4.83. The number of esters is 1. The Bertz CT molecular complexity index is 514. The fourth-order valence-electron chi connectivity index (χ4n) is 1.67. The normalized spacial score (nSPS) is 11.2. The third kappa shape index (κ3) is 10.2. The smallest absolute Gasteiger partial charge is 0.328 e.